The predicted molar refractivity (Wildman–Crippen MR) is 395 cm³/mol. The van der Waals surface area contributed by atoms with Gasteiger partial charge in [-0.3, -0.25) is 24.9 Å². The van der Waals surface area contributed by atoms with Crippen LogP contribution in [0, 0.1) is 0 Å². The van der Waals surface area contributed by atoms with Gasteiger partial charge in [-0.05, 0) is 114 Å². The van der Waals surface area contributed by atoms with Crippen molar-refractivity contribution in [2.45, 2.75) is 32.7 Å². The van der Waals surface area contributed by atoms with E-state index < -0.39 is 6.98 Å². The molecule has 0 spiro atoms. The van der Waals surface area contributed by atoms with E-state index in [1.54, 1.807) is 6.20 Å². The average Bonchev–Trinajstić information content (AvgIpc) is 1.56. The Morgan fingerprint density at radius 3 is 1.40 bits per heavy atom. The maximum atomic E-state index is 7.97. The number of benzene rings is 6. The molecule has 103 heavy (non-hydrogen) atoms. The molecule has 20 heteroatoms. The number of hydrogen-bond donors (Lipinski definition) is 0. The van der Waals surface area contributed by atoms with Gasteiger partial charge in [0, 0.05) is 118 Å². The molecule has 0 saturated carbocycles. The van der Waals surface area contributed by atoms with E-state index >= 15 is 0 Å². The number of rotatable bonds is 1. The van der Waals surface area contributed by atoms with Crippen molar-refractivity contribution in [2.24, 2.45) is 14.0 Å². The van der Waals surface area contributed by atoms with Crippen LogP contribution in [-0.4, -0.2) is 61.1 Å². The fourth-order valence-electron chi connectivity index (χ4n) is 16.5. The van der Waals surface area contributed by atoms with Crippen molar-refractivity contribution in [2.75, 3.05) is 0 Å². The fraction of sp³-hybridized carbons (Fsp3) is 0.0843. The number of fused-ring (bicyclic) bond motifs is 35. The van der Waals surface area contributed by atoms with Crippen LogP contribution < -0.4 is 22.3 Å². The van der Waals surface area contributed by atoms with Crippen molar-refractivity contribution in [3.8, 4) is 62.0 Å². The molecular formula is C83H61N18OS+5. The van der Waals surface area contributed by atoms with Gasteiger partial charge in [-0.25, -0.2) is 27.4 Å². The number of hydrogen-bond acceptors (Lipinski definition) is 7. The third-order valence-electron chi connectivity index (χ3n) is 21.1. The Morgan fingerprint density at radius 1 is 0.379 bits per heavy atom. The Kier molecular flexibility index (Phi) is 11.6. The van der Waals surface area contributed by atoms with Crippen LogP contribution in [0.2, 0.25) is 0 Å². The van der Waals surface area contributed by atoms with Gasteiger partial charge in [-0.2, -0.15) is 31.1 Å². The first-order chi connectivity index (χ1) is 52.1. The third kappa shape index (κ3) is 8.43. The molecule has 5 aliphatic heterocycles. The molecule has 0 amide bonds. The lowest BCUT2D eigenvalue weighted by molar-refractivity contribution is -0.621. The Morgan fingerprint density at radius 2 is 0.806 bits per heavy atom. The average molecular weight is 1360 g/mol. The van der Waals surface area contributed by atoms with Crippen molar-refractivity contribution < 1.29 is 30.9 Å². The summed E-state index contributed by atoms with van der Waals surface area (Å²) in [5.41, 5.74) is 29.6. The SMILES string of the molecule is C[n+]1c2ccccc2n2cc3n(c21)Cc1cnccc1-3.[2H]C([2H])([2H])[n+]1c2ccccc2n2cc3n(c21)Cc1cnccc1-3.c1ccc(-n2c3ccccc3[n+]3cc4n(c23)Cc2cnccc2-4)cc1.c1ccc2c(c1)oc1n3c(c[n+]21)-c1ccncc1C3.c1ccc2c(c1)sc1n3c(c[n+]21)-c1ccncc1C3. The predicted octanol–water partition coefficient (Wildman–Crippen LogP) is 13.1. The number of oxazole rings is 1. The molecule has 0 radical (unpaired) electrons. The summed E-state index contributed by atoms with van der Waals surface area (Å²) in [6.07, 6.45) is 29.8. The number of imidazole rings is 8. The Hall–Kier alpha value is -13.5. The largest absolute Gasteiger partial charge is 0.468 e. The highest BCUT2D eigenvalue weighted by atomic mass is 32.1. The lowest BCUT2D eigenvalue weighted by Crippen LogP contribution is -2.29. The Bertz CT molecular complexity index is 7080. The molecule has 19 nitrogen and oxygen atoms in total. The minimum Gasteiger partial charge on any atom is -0.387 e. The van der Waals surface area contributed by atoms with Crippen molar-refractivity contribution >= 4 is 93.9 Å². The first-order valence-corrected chi connectivity index (χ1v) is 35.1. The molecule has 26 rings (SSSR count). The molecule has 0 unspecified atom stereocenters. The van der Waals surface area contributed by atoms with Crippen molar-refractivity contribution in [1.82, 2.24) is 61.1 Å². The zero-order valence-corrected chi connectivity index (χ0v) is 56.2. The minimum absolute atomic E-state index is 0.640. The number of nitrogens with zero attached hydrogens (tertiary/aromatic N) is 18. The van der Waals surface area contributed by atoms with Crippen LogP contribution >= 0.6 is 11.3 Å². The van der Waals surface area contributed by atoms with Crippen molar-refractivity contribution in [1.29, 1.82) is 0 Å². The van der Waals surface area contributed by atoms with Crippen molar-refractivity contribution in [3.05, 3.63) is 303 Å². The van der Waals surface area contributed by atoms with Gasteiger partial charge in [0.1, 0.15) is 99.9 Å². The second-order valence-electron chi connectivity index (χ2n) is 26.7. The van der Waals surface area contributed by atoms with E-state index in [1.807, 2.05) is 126 Å². The van der Waals surface area contributed by atoms with Gasteiger partial charge in [0.05, 0.1) is 42.5 Å². The summed E-state index contributed by atoms with van der Waals surface area (Å²) in [6.45, 7) is 1.92. The number of pyridine rings is 5. The van der Waals surface area contributed by atoms with Crippen LogP contribution in [0.25, 0.3) is 145 Å². The molecule has 0 fully saturated rings. The van der Waals surface area contributed by atoms with Crippen LogP contribution in [0.15, 0.2) is 279 Å². The first-order valence-electron chi connectivity index (χ1n) is 35.8. The monoisotopic (exact) mass is 1360 g/mol. The number of thiazole rings is 1. The van der Waals surface area contributed by atoms with E-state index in [0.29, 0.717) is 17.8 Å². The number of aryl methyl sites for hydroxylation is 2. The van der Waals surface area contributed by atoms with Crippen LogP contribution in [0.3, 0.4) is 0 Å². The van der Waals surface area contributed by atoms with E-state index in [2.05, 4.69) is 240 Å². The molecule has 0 aliphatic carbocycles. The molecule has 5 aliphatic rings. The van der Waals surface area contributed by atoms with Gasteiger partial charge in [0.15, 0.2) is 28.0 Å². The van der Waals surface area contributed by atoms with E-state index in [4.69, 9.17) is 8.53 Å². The van der Waals surface area contributed by atoms with E-state index in [0.717, 1.165) is 65.5 Å². The molecule has 6 aromatic carbocycles. The second-order valence-corrected chi connectivity index (χ2v) is 27.7. The van der Waals surface area contributed by atoms with Crippen LogP contribution in [0.4, 0.5) is 0 Å². The molecule has 0 atom stereocenters. The lowest BCUT2D eigenvalue weighted by atomic mass is 10.1. The smallest absolute Gasteiger partial charge is 0.387 e. The standard InChI is InChI=1S/C21H15N4.2C16H13N4.C15H10N3O.C15H10N3S/c1-2-6-16(7-3-1)25-19-9-5-4-8-18(19)24-14-20-17-10-11-22-12-15(17)13-23(20)21(24)25;2*1-18-13-4-2-3-5-14(13)20-10-15-12-6-7-17-8-11(12)9-19(15)16(18)20;2*1-2-4-14-12(3-1)18-9-13-11-5-6-16-7-10(11)8-17(13)15(18)19-14/h1-12,14H,13H2;2*2-8,10H,9H2,1H3;2*1-7,9H,8H2/q5*+1/i;1D3;;;. The Balaban J connectivity index is 0.0000000830. The minimum atomic E-state index is -2.24. The summed E-state index contributed by atoms with van der Waals surface area (Å²) in [7, 11) is 2.13. The van der Waals surface area contributed by atoms with Crippen LogP contribution in [-0.2, 0) is 46.7 Å². The highest BCUT2D eigenvalue weighted by Gasteiger charge is 2.37. The summed E-state index contributed by atoms with van der Waals surface area (Å²) in [6, 6.07) is 62.3. The molecule has 15 aromatic heterocycles. The van der Waals surface area contributed by atoms with Crippen molar-refractivity contribution in [3.63, 3.8) is 0 Å². The summed E-state index contributed by atoms with van der Waals surface area (Å²) >= 11 is 1.85. The maximum Gasteiger partial charge on any atom is 0.468 e. The molecule has 490 valence electrons. The van der Waals surface area contributed by atoms with Gasteiger partial charge < -0.3 is 4.42 Å². The topological polar surface area (TPSA) is 136 Å². The summed E-state index contributed by atoms with van der Waals surface area (Å²) in [4.78, 5) is 22.4. The zero-order valence-electron chi connectivity index (χ0n) is 58.4. The summed E-state index contributed by atoms with van der Waals surface area (Å²) in [5, 5.41) is 0. The van der Waals surface area contributed by atoms with Gasteiger partial charge in [-0.1, -0.05) is 78.9 Å². The number of aromatic nitrogens is 18. The molecule has 0 saturated heterocycles. The summed E-state index contributed by atoms with van der Waals surface area (Å²) in [5.74, 6) is 3.96. The van der Waals surface area contributed by atoms with E-state index in [9.17, 15) is 0 Å². The molecule has 0 N–H and O–H groups in total. The normalized spacial score (nSPS) is 13.5. The molecular weight excluding hydrogens is 1300 g/mol. The molecule has 20 heterocycles. The maximum absolute atomic E-state index is 7.97. The molecule has 0 bridgehead atoms. The Labute approximate surface area is 594 Å². The fourth-order valence-corrected chi connectivity index (χ4v) is 17.7. The second kappa shape index (κ2) is 22.0. The molecule has 21 aromatic rings. The first kappa shape index (κ1) is 54.5. The quantitative estimate of drug-likeness (QED) is 0.150. The van der Waals surface area contributed by atoms with E-state index in [-0.39, 0.29) is 0 Å². The highest BCUT2D eigenvalue weighted by molar-refractivity contribution is 7.23. The van der Waals surface area contributed by atoms with Gasteiger partial charge in [-0.15, -0.1) is 0 Å². The van der Waals surface area contributed by atoms with Gasteiger partial charge >= 0.3 is 28.1 Å². The van der Waals surface area contributed by atoms with Gasteiger partial charge in [0.25, 0.3) is 0 Å². The zero-order chi connectivity index (χ0) is 70.2. The van der Waals surface area contributed by atoms with Crippen LogP contribution in [0.1, 0.15) is 31.9 Å². The number of para-hydroxylation sites is 10. The van der Waals surface area contributed by atoms with E-state index in [1.165, 1.54) is 126 Å². The highest BCUT2D eigenvalue weighted by Crippen LogP contribution is 2.40. The van der Waals surface area contributed by atoms with Gasteiger partial charge in [0.2, 0.25) is 0 Å². The van der Waals surface area contributed by atoms with Crippen LogP contribution in [0.5, 0.6) is 0 Å². The third-order valence-corrected chi connectivity index (χ3v) is 22.3. The summed E-state index contributed by atoms with van der Waals surface area (Å²) < 4.78 is 59.7. The lowest BCUT2D eigenvalue weighted by Gasteiger charge is -2.01.